The number of aryl methyl sites for hydroxylation is 1. The highest BCUT2D eigenvalue weighted by Gasteiger charge is 2.20. The van der Waals surface area contributed by atoms with E-state index >= 15 is 0 Å². The Hall–Kier alpha value is -2.04. The molecule has 0 radical (unpaired) electrons. The van der Waals surface area contributed by atoms with E-state index in [2.05, 4.69) is 24.0 Å². The topological polar surface area (TPSA) is 35.0 Å². The minimum absolute atomic E-state index is 0.0465. The Balaban J connectivity index is 1.57. The molecular weight excluding hydrogens is 382 g/mol. The fourth-order valence-electron chi connectivity index (χ4n) is 4.29. The molecule has 3 rings (SSSR count). The van der Waals surface area contributed by atoms with Crippen LogP contribution in [0, 0.1) is 23.5 Å². The lowest BCUT2D eigenvalue weighted by atomic mass is 9.79. The van der Waals surface area contributed by atoms with Crippen LogP contribution in [-0.2, 0) is 6.42 Å². The quantitative estimate of drug-likeness (QED) is 0.386. The summed E-state index contributed by atoms with van der Waals surface area (Å²) >= 11 is 0. The Labute approximate surface area is 179 Å². The van der Waals surface area contributed by atoms with Gasteiger partial charge in [-0.2, -0.15) is 14.6 Å². The lowest BCUT2D eigenvalue weighted by molar-refractivity contribution is 0.258. The molecule has 1 heterocycles. The molecular formula is C25H34F2N2O. The van der Waals surface area contributed by atoms with Gasteiger partial charge in [0, 0.05) is 5.56 Å². The zero-order valence-corrected chi connectivity index (χ0v) is 18.3. The minimum Gasteiger partial charge on any atom is -0.490 e. The summed E-state index contributed by atoms with van der Waals surface area (Å²) in [7, 11) is 0. The van der Waals surface area contributed by atoms with E-state index < -0.39 is 11.6 Å². The van der Waals surface area contributed by atoms with Crippen molar-refractivity contribution in [3.63, 3.8) is 0 Å². The first-order chi connectivity index (χ1) is 14.6. The maximum atomic E-state index is 14.6. The number of hydrogen-bond acceptors (Lipinski definition) is 3. The molecule has 0 unspecified atom stereocenters. The maximum Gasteiger partial charge on any atom is 0.201 e. The zero-order chi connectivity index (χ0) is 21.3. The Morgan fingerprint density at radius 3 is 2.33 bits per heavy atom. The Bertz CT molecular complexity index is 786. The van der Waals surface area contributed by atoms with E-state index in [9.17, 15) is 8.78 Å². The predicted octanol–water partition coefficient (Wildman–Crippen LogP) is 7.14. The number of halogens is 2. The van der Waals surface area contributed by atoms with Crippen molar-refractivity contribution in [3.8, 4) is 17.0 Å². The molecule has 164 valence electrons. The summed E-state index contributed by atoms with van der Waals surface area (Å²) in [5.41, 5.74) is 1.37. The highest BCUT2D eigenvalue weighted by Crippen LogP contribution is 2.33. The van der Waals surface area contributed by atoms with Crippen molar-refractivity contribution in [2.24, 2.45) is 11.8 Å². The van der Waals surface area contributed by atoms with E-state index in [1.165, 1.54) is 44.2 Å². The van der Waals surface area contributed by atoms with Gasteiger partial charge in [-0.05, 0) is 55.4 Å². The molecule has 0 atom stereocenters. The van der Waals surface area contributed by atoms with E-state index in [-0.39, 0.29) is 11.3 Å². The molecule has 2 aromatic rings. The van der Waals surface area contributed by atoms with Crippen molar-refractivity contribution in [1.29, 1.82) is 0 Å². The smallest absolute Gasteiger partial charge is 0.201 e. The molecule has 0 bridgehead atoms. The molecule has 1 saturated carbocycles. The van der Waals surface area contributed by atoms with Gasteiger partial charge in [-0.15, -0.1) is 0 Å². The number of hydrogen-bond donors (Lipinski definition) is 0. The van der Waals surface area contributed by atoms with Gasteiger partial charge in [-0.3, -0.25) is 0 Å². The number of aromatic nitrogens is 2. The maximum absolute atomic E-state index is 14.6. The van der Waals surface area contributed by atoms with Crippen LogP contribution >= 0.6 is 0 Å². The highest BCUT2D eigenvalue weighted by molar-refractivity contribution is 5.61. The van der Waals surface area contributed by atoms with Gasteiger partial charge in [0.2, 0.25) is 5.82 Å². The Kier molecular flexibility index (Phi) is 8.59. The van der Waals surface area contributed by atoms with Crippen LogP contribution in [-0.4, -0.2) is 16.8 Å². The number of benzene rings is 1. The summed E-state index contributed by atoms with van der Waals surface area (Å²) in [6.45, 7) is 4.75. The Morgan fingerprint density at radius 2 is 1.67 bits per heavy atom. The van der Waals surface area contributed by atoms with Gasteiger partial charge in [-0.1, -0.05) is 58.8 Å². The SMILES string of the molecule is CCCCCOc1ccc(-c2ccc(CCC3CCC(CC)CC3)nn2)c(F)c1F. The van der Waals surface area contributed by atoms with Crippen LogP contribution in [0.5, 0.6) is 5.75 Å². The van der Waals surface area contributed by atoms with Crippen LogP contribution in [0.15, 0.2) is 24.3 Å². The van der Waals surface area contributed by atoms with Crippen LogP contribution in [0.2, 0.25) is 0 Å². The van der Waals surface area contributed by atoms with Gasteiger partial charge in [0.15, 0.2) is 11.6 Å². The first-order valence-corrected chi connectivity index (χ1v) is 11.6. The van der Waals surface area contributed by atoms with E-state index in [4.69, 9.17) is 4.74 Å². The van der Waals surface area contributed by atoms with E-state index in [1.807, 2.05) is 6.07 Å². The van der Waals surface area contributed by atoms with Gasteiger partial charge in [0.05, 0.1) is 18.0 Å². The first-order valence-electron chi connectivity index (χ1n) is 11.6. The van der Waals surface area contributed by atoms with Crippen LogP contribution in [0.4, 0.5) is 8.78 Å². The monoisotopic (exact) mass is 416 g/mol. The summed E-state index contributed by atoms with van der Waals surface area (Å²) in [5, 5.41) is 8.42. The fourth-order valence-corrected chi connectivity index (χ4v) is 4.29. The summed E-state index contributed by atoms with van der Waals surface area (Å²) in [5.74, 6) is -0.264. The highest BCUT2D eigenvalue weighted by atomic mass is 19.2. The largest absolute Gasteiger partial charge is 0.490 e. The lowest BCUT2D eigenvalue weighted by Crippen LogP contribution is -2.14. The van der Waals surface area contributed by atoms with E-state index in [1.54, 1.807) is 6.07 Å². The molecule has 3 nitrogen and oxygen atoms in total. The lowest BCUT2D eigenvalue weighted by Gasteiger charge is -2.27. The molecule has 5 heteroatoms. The van der Waals surface area contributed by atoms with E-state index in [0.717, 1.165) is 49.6 Å². The van der Waals surface area contributed by atoms with Crippen molar-refractivity contribution in [2.75, 3.05) is 6.61 Å². The molecule has 0 aliphatic heterocycles. The average molecular weight is 417 g/mol. The molecule has 0 spiro atoms. The van der Waals surface area contributed by atoms with Gasteiger partial charge < -0.3 is 4.74 Å². The standard InChI is InChI=1S/C25H34F2N2O/c1-3-5-6-17-30-23-16-14-21(24(26)25(23)27)22-15-13-20(28-29-22)12-11-19-9-7-18(4-2)8-10-19/h13-16,18-19H,3-12,17H2,1-2H3. The second kappa shape index (κ2) is 11.4. The van der Waals surface area contributed by atoms with Gasteiger partial charge >= 0.3 is 0 Å². The van der Waals surface area contributed by atoms with Crippen molar-refractivity contribution in [2.45, 2.75) is 78.1 Å². The molecule has 0 N–H and O–H groups in total. The molecule has 1 aromatic carbocycles. The van der Waals surface area contributed by atoms with Crippen molar-refractivity contribution >= 4 is 0 Å². The molecule has 1 fully saturated rings. The molecule has 1 aliphatic rings. The fraction of sp³-hybridized carbons (Fsp3) is 0.600. The number of ether oxygens (including phenoxy) is 1. The third-order valence-corrected chi connectivity index (χ3v) is 6.40. The van der Waals surface area contributed by atoms with Crippen molar-refractivity contribution in [3.05, 3.63) is 41.6 Å². The van der Waals surface area contributed by atoms with Crippen LogP contribution in [0.1, 0.15) is 77.3 Å². The molecule has 0 amide bonds. The molecule has 30 heavy (non-hydrogen) atoms. The number of nitrogens with zero attached hydrogens (tertiary/aromatic N) is 2. The second-order valence-corrected chi connectivity index (χ2v) is 8.54. The first kappa shape index (κ1) is 22.6. The minimum atomic E-state index is -0.961. The number of rotatable bonds is 10. The normalized spacial score (nSPS) is 19.1. The summed E-state index contributed by atoms with van der Waals surface area (Å²) in [6, 6.07) is 6.60. The molecule has 1 aromatic heterocycles. The van der Waals surface area contributed by atoms with Crippen molar-refractivity contribution < 1.29 is 13.5 Å². The van der Waals surface area contributed by atoms with Crippen LogP contribution < -0.4 is 4.74 Å². The summed E-state index contributed by atoms with van der Waals surface area (Å²) < 4.78 is 34.3. The summed E-state index contributed by atoms with van der Waals surface area (Å²) in [6.07, 6.45) is 11.5. The number of unbranched alkanes of at least 4 members (excludes halogenated alkanes) is 2. The van der Waals surface area contributed by atoms with Gasteiger partial charge in [0.1, 0.15) is 0 Å². The molecule has 1 aliphatic carbocycles. The Morgan fingerprint density at radius 1 is 0.900 bits per heavy atom. The molecule has 0 saturated heterocycles. The van der Waals surface area contributed by atoms with Crippen LogP contribution in [0.3, 0.4) is 0 Å². The van der Waals surface area contributed by atoms with E-state index in [0.29, 0.717) is 12.3 Å². The second-order valence-electron chi connectivity index (χ2n) is 8.54. The van der Waals surface area contributed by atoms with Crippen LogP contribution in [0.25, 0.3) is 11.3 Å². The zero-order valence-electron chi connectivity index (χ0n) is 18.3. The third kappa shape index (κ3) is 5.99. The van der Waals surface area contributed by atoms with Gasteiger partial charge in [-0.25, -0.2) is 4.39 Å². The average Bonchev–Trinajstić information content (AvgIpc) is 2.79. The summed E-state index contributed by atoms with van der Waals surface area (Å²) in [4.78, 5) is 0. The predicted molar refractivity (Wildman–Crippen MR) is 116 cm³/mol. The van der Waals surface area contributed by atoms with Crippen molar-refractivity contribution in [1.82, 2.24) is 10.2 Å². The van der Waals surface area contributed by atoms with Gasteiger partial charge in [0.25, 0.3) is 0 Å². The third-order valence-electron chi connectivity index (χ3n) is 6.40.